The van der Waals surface area contributed by atoms with Crippen molar-refractivity contribution in [3.05, 3.63) is 35.4 Å². The van der Waals surface area contributed by atoms with Gasteiger partial charge in [-0.25, -0.2) is 4.79 Å². The lowest BCUT2D eigenvalue weighted by Crippen LogP contribution is -2.43. The summed E-state index contributed by atoms with van der Waals surface area (Å²) in [6.45, 7) is 5.42. The van der Waals surface area contributed by atoms with Gasteiger partial charge in [0.1, 0.15) is 12.1 Å². The molecule has 1 heterocycles. The lowest BCUT2D eigenvalue weighted by atomic mass is 10.1. The Morgan fingerprint density at radius 3 is 2.45 bits per heavy atom. The smallest absolute Gasteiger partial charge is 0.325 e. The van der Waals surface area contributed by atoms with Gasteiger partial charge in [0.15, 0.2) is 0 Å². The monoisotopic (exact) mass is 303 g/mol. The van der Waals surface area contributed by atoms with Crippen LogP contribution in [0.25, 0.3) is 0 Å². The highest BCUT2D eigenvalue weighted by Crippen LogP contribution is 2.17. The first kappa shape index (κ1) is 16.0. The highest BCUT2D eigenvalue weighted by Gasteiger charge is 2.45. The molecule has 4 amide bonds. The van der Waals surface area contributed by atoms with Crippen molar-refractivity contribution < 1.29 is 14.4 Å². The van der Waals surface area contributed by atoms with Gasteiger partial charge in [0.2, 0.25) is 5.91 Å². The first-order valence-corrected chi connectivity index (χ1v) is 7.15. The van der Waals surface area contributed by atoms with Crippen LogP contribution in [0.5, 0.6) is 0 Å². The van der Waals surface area contributed by atoms with Crippen LogP contribution in [0.3, 0.4) is 0 Å². The first-order valence-electron chi connectivity index (χ1n) is 7.15. The number of urea groups is 1. The Bertz CT molecular complexity index is 625. The molecule has 0 saturated carbocycles. The number of benzene rings is 1. The Hall–Kier alpha value is -2.37. The second-order valence-electron chi connectivity index (χ2n) is 6.12. The van der Waals surface area contributed by atoms with Gasteiger partial charge in [0, 0.05) is 13.6 Å². The molecule has 1 fully saturated rings. The molecular formula is C16H21N3O3. The van der Waals surface area contributed by atoms with E-state index >= 15 is 0 Å². The summed E-state index contributed by atoms with van der Waals surface area (Å²) in [6.07, 6.45) is 0. The van der Waals surface area contributed by atoms with Gasteiger partial charge in [-0.15, -0.1) is 0 Å². The SMILES string of the molecule is Cc1ccccc1CN(C)C(=O)CN1C(=O)NC(C)(C)C1=O. The van der Waals surface area contributed by atoms with E-state index in [-0.39, 0.29) is 18.4 Å². The maximum atomic E-state index is 12.3. The van der Waals surface area contributed by atoms with Crippen LogP contribution in [0.15, 0.2) is 24.3 Å². The van der Waals surface area contributed by atoms with Gasteiger partial charge >= 0.3 is 6.03 Å². The van der Waals surface area contributed by atoms with E-state index in [2.05, 4.69) is 5.32 Å². The molecule has 1 N–H and O–H groups in total. The predicted octanol–water partition coefficient (Wildman–Crippen LogP) is 1.28. The second kappa shape index (κ2) is 5.79. The molecule has 6 heteroatoms. The third kappa shape index (κ3) is 3.10. The second-order valence-corrected chi connectivity index (χ2v) is 6.12. The van der Waals surface area contributed by atoms with E-state index in [9.17, 15) is 14.4 Å². The van der Waals surface area contributed by atoms with Crippen molar-refractivity contribution in [1.29, 1.82) is 0 Å². The number of hydrogen-bond donors (Lipinski definition) is 1. The fraction of sp³-hybridized carbons (Fsp3) is 0.438. The average Bonchev–Trinajstić information content (AvgIpc) is 2.63. The minimum absolute atomic E-state index is 0.240. The van der Waals surface area contributed by atoms with Gasteiger partial charge in [-0.05, 0) is 31.9 Å². The summed E-state index contributed by atoms with van der Waals surface area (Å²) in [7, 11) is 1.67. The lowest BCUT2D eigenvalue weighted by Gasteiger charge is -2.21. The Morgan fingerprint density at radius 1 is 1.27 bits per heavy atom. The van der Waals surface area contributed by atoms with E-state index in [1.54, 1.807) is 20.9 Å². The number of hydrogen-bond acceptors (Lipinski definition) is 3. The van der Waals surface area contributed by atoms with Crippen LogP contribution in [0.2, 0.25) is 0 Å². The molecule has 1 aliphatic heterocycles. The highest BCUT2D eigenvalue weighted by atomic mass is 16.2. The van der Waals surface area contributed by atoms with Crippen LogP contribution >= 0.6 is 0 Å². The van der Waals surface area contributed by atoms with Gasteiger partial charge in [-0.3, -0.25) is 14.5 Å². The molecule has 1 saturated heterocycles. The summed E-state index contributed by atoms with van der Waals surface area (Å²) in [5, 5.41) is 2.56. The number of amides is 4. The van der Waals surface area contributed by atoms with E-state index in [1.807, 2.05) is 31.2 Å². The van der Waals surface area contributed by atoms with Gasteiger partial charge in [0.25, 0.3) is 5.91 Å². The summed E-state index contributed by atoms with van der Waals surface area (Å²) in [4.78, 5) is 38.6. The van der Waals surface area contributed by atoms with Crippen molar-refractivity contribution in [1.82, 2.24) is 15.1 Å². The number of carbonyl (C=O) groups is 3. The number of carbonyl (C=O) groups excluding carboxylic acids is 3. The molecule has 0 bridgehead atoms. The Balaban J connectivity index is 2.02. The van der Waals surface area contributed by atoms with E-state index in [1.165, 1.54) is 4.90 Å². The molecule has 6 nitrogen and oxygen atoms in total. The van der Waals surface area contributed by atoms with E-state index in [4.69, 9.17) is 0 Å². The molecular weight excluding hydrogens is 282 g/mol. The van der Waals surface area contributed by atoms with Crippen LogP contribution in [0, 0.1) is 6.92 Å². The maximum Gasteiger partial charge on any atom is 0.325 e. The summed E-state index contributed by atoms with van der Waals surface area (Å²) >= 11 is 0. The molecule has 22 heavy (non-hydrogen) atoms. The standard InChI is InChI=1S/C16H21N3O3/c1-11-7-5-6-8-12(11)9-18(4)13(20)10-19-14(21)16(2,3)17-15(19)22/h5-8H,9-10H2,1-4H3,(H,17,22). The summed E-state index contributed by atoms with van der Waals surface area (Å²) in [6, 6.07) is 7.27. The third-order valence-corrected chi connectivity index (χ3v) is 3.83. The zero-order chi connectivity index (χ0) is 16.5. The van der Waals surface area contributed by atoms with Crippen LogP contribution in [-0.2, 0) is 16.1 Å². The summed E-state index contributed by atoms with van der Waals surface area (Å²) in [5.74, 6) is -0.653. The molecule has 0 aliphatic carbocycles. The number of rotatable bonds is 4. The molecule has 0 radical (unpaired) electrons. The topological polar surface area (TPSA) is 69.7 Å². The normalized spacial score (nSPS) is 16.6. The molecule has 0 atom stereocenters. The highest BCUT2D eigenvalue weighted by molar-refractivity contribution is 6.08. The fourth-order valence-corrected chi connectivity index (χ4v) is 2.35. The van der Waals surface area contributed by atoms with Crippen LogP contribution in [0.1, 0.15) is 25.0 Å². The molecule has 118 valence electrons. The average molecular weight is 303 g/mol. The third-order valence-electron chi connectivity index (χ3n) is 3.83. The van der Waals surface area contributed by atoms with Gasteiger partial charge in [-0.2, -0.15) is 0 Å². The van der Waals surface area contributed by atoms with Crippen molar-refractivity contribution >= 4 is 17.8 Å². The van der Waals surface area contributed by atoms with Crippen molar-refractivity contribution in [3.63, 3.8) is 0 Å². The van der Waals surface area contributed by atoms with Gasteiger partial charge < -0.3 is 10.2 Å². The first-order chi connectivity index (χ1) is 10.2. The quantitative estimate of drug-likeness (QED) is 0.852. The number of likely N-dealkylation sites (N-methyl/N-ethyl adjacent to an activating group) is 1. The Kier molecular flexibility index (Phi) is 4.21. The van der Waals surface area contributed by atoms with Crippen molar-refractivity contribution in [2.24, 2.45) is 0 Å². The summed E-state index contributed by atoms with van der Waals surface area (Å²) in [5.41, 5.74) is 1.18. The van der Waals surface area contributed by atoms with Gasteiger partial charge in [-0.1, -0.05) is 24.3 Å². The lowest BCUT2D eigenvalue weighted by molar-refractivity contribution is -0.138. The summed E-state index contributed by atoms with van der Waals surface area (Å²) < 4.78 is 0. The number of imide groups is 1. The largest absolute Gasteiger partial charge is 0.340 e. The zero-order valence-corrected chi connectivity index (χ0v) is 13.3. The maximum absolute atomic E-state index is 12.3. The zero-order valence-electron chi connectivity index (χ0n) is 13.3. The molecule has 1 aromatic rings. The number of nitrogens with one attached hydrogen (secondary N) is 1. The van der Waals surface area contributed by atoms with Crippen molar-refractivity contribution in [2.45, 2.75) is 32.9 Å². The minimum atomic E-state index is -0.952. The minimum Gasteiger partial charge on any atom is -0.340 e. The Morgan fingerprint density at radius 2 is 1.91 bits per heavy atom. The van der Waals surface area contributed by atoms with Crippen LogP contribution < -0.4 is 5.32 Å². The van der Waals surface area contributed by atoms with Crippen molar-refractivity contribution in [3.8, 4) is 0 Å². The number of nitrogens with zero attached hydrogens (tertiary/aromatic N) is 2. The van der Waals surface area contributed by atoms with Gasteiger partial charge in [0.05, 0.1) is 0 Å². The molecule has 0 aromatic heterocycles. The molecule has 0 spiro atoms. The van der Waals surface area contributed by atoms with Crippen LogP contribution in [0.4, 0.5) is 4.79 Å². The van der Waals surface area contributed by atoms with Crippen molar-refractivity contribution in [2.75, 3.05) is 13.6 Å². The molecule has 1 aromatic carbocycles. The van der Waals surface area contributed by atoms with Crippen LogP contribution in [-0.4, -0.2) is 46.8 Å². The van der Waals surface area contributed by atoms with E-state index in [0.29, 0.717) is 6.54 Å². The fourth-order valence-electron chi connectivity index (χ4n) is 2.35. The Labute approximate surface area is 130 Å². The van der Waals surface area contributed by atoms with E-state index in [0.717, 1.165) is 16.0 Å². The predicted molar refractivity (Wildman–Crippen MR) is 82.0 cm³/mol. The molecule has 1 aliphatic rings. The number of aryl methyl sites for hydroxylation is 1. The molecule has 0 unspecified atom stereocenters. The van der Waals surface area contributed by atoms with E-state index < -0.39 is 11.6 Å². The molecule has 2 rings (SSSR count).